The van der Waals surface area contributed by atoms with Crippen LogP contribution < -0.4 is 4.74 Å². The lowest BCUT2D eigenvalue weighted by molar-refractivity contribution is -0.137. The maximum Gasteiger partial charge on any atom is 0.416 e. The van der Waals surface area contributed by atoms with E-state index < -0.39 is 34.9 Å². The van der Waals surface area contributed by atoms with E-state index in [0.29, 0.717) is 18.2 Å². The molecule has 2 aromatic carbocycles. The quantitative estimate of drug-likeness (QED) is 0.472. The lowest BCUT2D eigenvalue weighted by Gasteiger charge is -2.09. The van der Waals surface area contributed by atoms with Crippen molar-refractivity contribution in [2.45, 2.75) is 6.18 Å². The van der Waals surface area contributed by atoms with Crippen molar-refractivity contribution in [3.05, 3.63) is 65.2 Å². The predicted octanol–water partition coefficient (Wildman–Crippen LogP) is 4.20. The van der Waals surface area contributed by atoms with Gasteiger partial charge in [0.05, 0.1) is 11.1 Å². The topological polar surface area (TPSA) is 26.3 Å². The van der Waals surface area contributed by atoms with E-state index in [9.17, 15) is 26.7 Å². The second kappa shape index (κ2) is 5.51. The number of esters is 1. The first-order valence-corrected chi connectivity index (χ1v) is 5.62. The number of rotatable bonds is 2. The Morgan fingerprint density at radius 1 is 1.00 bits per heavy atom. The molecule has 0 atom stereocenters. The van der Waals surface area contributed by atoms with E-state index in [1.807, 2.05) is 0 Å². The van der Waals surface area contributed by atoms with Crippen LogP contribution in [0.2, 0.25) is 0 Å². The van der Waals surface area contributed by atoms with Crippen LogP contribution in [0.4, 0.5) is 22.0 Å². The van der Waals surface area contributed by atoms with Gasteiger partial charge in [0, 0.05) is 6.07 Å². The molecule has 0 aliphatic rings. The monoisotopic (exact) mass is 302 g/mol. The zero-order valence-electron chi connectivity index (χ0n) is 10.2. The van der Waals surface area contributed by atoms with Crippen molar-refractivity contribution in [3.8, 4) is 5.75 Å². The van der Waals surface area contributed by atoms with Crippen molar-refractivity contribution in [1.82, 2.24) is 0 Å². The zero-order chi connectivity index (χ0) is 15.6. The number of ether oxygens (including phenoxy) is 1. The molecule has 0 heterocycles. The highest BCUT2D eigenvalue weighted by atomic mass is 19.4. The molecule has 0 unspecified atom stereocenters. The van der Waals surface area contributed by atoms with Crippen LogP contribution in [-0.4, -0.2) is 5.97 Å². The largest absolute Gasteiger partial charge is 0.423 e. The summed E-state index contributed by atoms with van der Waals surface area (Å²) in [7, 11) is 0. The van der Waals surface area contributed by atoms with Crippen molar-refractivity contribution in [2.24, 2.45) is 0 Å². The minimum Gasteiger partial charge on any atom is -0.423 e. The number of hydrogen-bond donors (Lipinski definition) is 0. The Labute approximate surface area is 115 Å². The van der Waals surface area contributed by atoms with Gasteiger partial charge in [0.25, 0.3) is 0 Å². The molecule has 21 heavy (non-hydrogen) atoms. The van der Waals surface area contributed by atoms with Crippen LogP contribution in [0.25, 0.3) is 0 Å². The molecule has 0 aromatic heterocycles. The summed E-state index contributed by atoms with van der Waals surface area (Å²) in [5.41, 5.74) is -2.07. The van der Waals surface area contributed by atoms with E-state index in [1.54, 1.807) is 0 Å². The maximum atomic E-state index is 13.4. The van der Waals surface area contributed by atoms with Gasteiger partial charge in [-0.25, -0.2) is 13.6 Å². The minimum atomic E-state index is -4.72. The van der Waals surface area contributed by atoms with E-state index in [0.717, 1.165) is 12.1 Å². The Hall–Kier alpha value is -2.44. The van der Waals surface area contributed by atoms with Crippen LogP contribution in [0.5, 0.6) is 5.75 Å². The fraction of sp³-hybridized carbons (Fsp3) is 0.0714. The van der Waals surface area contributed by atoms with E-state index >= 15 is 0 Å². The second-order valence-electron chi connectivity index (χ2n) is 4.04. The molecule has 0 N–H and O–H groups in total. The molecule has 110 valence electrons. The zero-order valence-corrected chi connectivity index (χ0v) is 10.2. The van der Waals surface area contributed by atoms with Gasteiger partial charge in [0.15, 0.2) is 0 Å². The van der Waals surface area contributed by atoms with Gasteiger partial charge in [0.1, 0.15) is 17.4 Å². The van der Waals surface area contributed by atoms with Crippen LogP contribution in [-0.2, 0) is 6.18 Å². The molecule has 0 amide bonds. The molecule has 0 saturated heterocycles. The molecule has 0 fully saturated rings. The fourth-order valence-corrected chi connectivity index (χ4v) is 1.55. The smallest absolute Gasteiger partial charge is 0.416 e. The molecule has 0 aliphatic carbocycles. The number of halogens is 5. The molecule has 0 saturated carbocycles. The van der Waals surface area contributed by atoms with Crippen LogP contribution in [0.15, 0.2) is 42.5 Å². The summed E-state index contributed by atoms with van der Waals surface area (Å²) < 4.78 is 68.6. The summed E-state index contributed by atoms with van der Waals surface area (Å²) in [6.45, 7) is 0. The van der Waals surface area contributed by atoms with E-state index in [-0.39, 0.29) is 5.75 Å². The number of carbonyl (C=O) groups is 1. The van der Waals surface area contributed by atoms with E-state index in [2.05, 4.69) is 4.74 Å². The van der Waals surface area contributed by atoms with E-state index in [1.165, 1.54) is 12.1 Å². The Bertz CT molecular complexity index is 679. The Balaban J connectivity index is 2.31. The van der Waals surface area contributed by atoms with Crippen LogP contribution in [0.1, 0.15) is 15.9 Å². The first-order valence-electron chi connectivity index (χ1n) is 5.62. The molecular formula is C14H7F5O2. The van der Waals surface area contributed by atoms with Gasteiger partial charge in [0.2, 0.25) is 0 Å². The summed E-state index contributed by atoms with van der Waals surface area (Å²) in [5, 5.41) is 0. The van der Waals surface area contributed by atoms with Crippen molar-refractivity contribution in [1.29, 1.82) is 0 Å². The normalized spacial score (nSPS) is 11.3. The molecule has 2 rings (SSSR count). The number of alkyl halides is 3. The first kappa shape index (κ1) is 15.0. The first-order chi connectivity index (χ1) is 9.77. The molecule has 0 aliphatic heterocycles. The summed E-state index contributed by atoms with van der Waals surface area (Å²) in [6.07, 6.45) is -4.72. The van der Waals surface area contributed by atoms with Gasteiger partial charge < -0.3 is 4.74 Å². The standard InChI is InChI=1S/C14H7F5O2/c15-9-2-1-3-10(7-9)21-13(20)11-6-8(14(17,18)19)4-5-12(11)16/h1-7H. The summed E-state index contributed by atoms with van der Waals surface area (Å²) >= 11 is 0. The van der Waals surface area contributed by atoms with Gasteiger partial charge in [-0.3, -0.25) is 0 Å². The molecule has 0 radical (unpaired) electrons. The highest BCUT2D eigenvalue weighted by Gasteiger charge is 2.32. The lowest BCUT2D eigenvalue weighted by Crippen LogP contribution is -2.13. The molecule has 0 spiro atoms. The van der Waals surface area contributed by atoms with E-state index in [4.69, 9.17) is 0 Å². The average Bonchev–Trinajstić information content (AvgIpc) is 2.37. The molecule has 2 aromatic rings. The third-order valence-corrected chi connectivity index (χ3v) is 2.52. The summed E-state index contributed by atoms with van der Waals surface area (Å²) in [5.74, 6) is -3.45. The SMILES string of the molecule is O=C(Oc1cccc(F)c1)c1cc(C(F)(F)F)ccc1F. The van der Waals surface area contributed by atoms with Gasteiger partial charge in [-0.2, -0.15) is 13.2 Å². The van der Waals surface area contributed by atoms with Gasteiger partial charge in [-0.15, -0.1) is 0 Å². The third kappa shape index (κ3) is 3.56. The van der Waals surface area contributed by atoms with Gasteiger partial charge in [-0.1, -0.05) is 6.07 Å². The average molecular weight is 302 g/mol. The summed E-state index contributed by atoms with van der Waals surface area (Å²) in [6, 6.07) is 5.76. The summed E-state index contributed by atoms with van der Waals surface area (Å²) in [4.78, 5) is 11.7. The Morgan fingerprint density at radius 3 is 2.33 bits per heavy atom. The van der Waals surface area contributed by atoms with Crippen molar-refractivity contribution < 1.29 is 31.5 Å². The Kier molecular flexibility index (Phi) is 3.93. The maximum absolute atomic E-state index is 13.4. The number of benzene rings is 2. The van der Waals surface area contributed by atoms with Crippen molar-refractivity contribution in [3.63, 3.8) is 0 Å². The lowest BCUT2D eigenvalue weighted by atomic mass is 10.1. The second-order valence-corrected chi connectivity index (χ2v) is 4.04. The van der Waals surface area contributed by atoms with Crippen LogP contribution in [0.3, 0.4) is 0 Å². The molecule has 2 nitrogen and oxygen atoms in total. The third-order valence-electron chi connectivity index (χ3n) is 2.52. The molecule has 7 heteroatoms. The molecule has 0 bridgehead atoms. The van der Waals surface area contributed by atoms with Crippen LogP contribution >= 0.6 is 0 Å². The highest BCUT2D eigenvalue weighted by molar-refractivity contribution is 5.91. The van der Waals surface area contributed by atoms with Gasteiger partial charge >= 0.3 is 12.1 Å². The minimum absolute atomic E-state index is 0.239. The van der Waals surface area contributed by atoms with Crippen molar-refractivity contribution >= 4 is 5.97 Å². The molecular weight excluding hydrogens is 295 g/mol. The number of hydrogen-bond acceptors (Lipinski definition) is 2. The highest BCUT2D eigenvalue weighted by Crippen LogP contribution is 2.30. The van der Waals surface area contributed by atoms with Gasteiger partial charge in [-0.05, 0) is 30.3 Å². The fourth-order valence-electron chi connectivity index (χ4n) is 1.55. The van der Waals surface area contributed by atoms with Crippen molar-refractivity contribution in [2.75, 3.05) is 0 Å². The van der Waals surface area contributed by atoms with Crippen LogP contribution in [0, 0.1) is 11.6 Å². The number of carbonyl (C=O) groups excluding carboxylic acids is 1. The Morgan fingerprint density at radius 2 is 1.71 bits per heavy atom. The predicted molar refractivity (Wildman–Crippen MR) is 62.8 cm³/mol.